The van der Waals surface area contributed by atoms with Crippen LogP contribution in [0.3, 0.4) is 0 Å². The molecule has 2 saturated carbocycles. The molecule has 0 spiro atoms. The lowest BCUT2D eigenvalue weighted by Gasteiger charge is -2.35. The summed E-state index contributed by atoms with van der Waals surface area (Å²) in [5, 5.41) is 3.64. The van der Waals surface area contributed by atoms with Gasteiger partial charge in [0.2, 0.25) is 5.91 Å². The summed E-state index contributed by atoms with van der Waals surface area (Å²) < 4.78 is 0. The van der Waals surface area contributed by atoms with E-state index in [9.17, 15) is 4.79 Å². The van der Waals surface area contributed by atoms with Crippen molar-refractivity contribution in [1.29, 1.82) is 0 Å². The van der Waals surface area contributed by atoms with E-state index in [-0.39, 0.29) is 12.2 Å². The average molecular weight is 278 g/mol. The molecule has 0 bridgehead atoms. The number of carbonyl (C=O) groups excluding carboxylic acids is 1. The molecule has 3 nitrogen and oxygen atoms in total. The van der Waals surface area contributed by atoms with Crippen LogP contribution in [0.1, 0.15) is 59.8 Å². The van der Waals surface area contributed by atoms with Gasteiger partial charge in [0, 0.05) is 6.04 Å². The minimum Gasteiger partial charge on any atom is -0.322 e. The van der Waals surface area contributed by atoms with Crippen molar-refractivity contribution in [2.75, 3.05) is 0 Å². The smallest absolute Gasteiger partial charge is 0.241 e. The minimum atomic E-state index is 0.0578. The first-order chi connectivity index (χ1) is 9.49. The second kappa shape index (κ2) is 5.32. The molecule has 3 aliphatic rings. The van der Waals surface area contributed by atoms with Crippen molar-refractivity contribution in [2.24, 2.45) is 23.7 Å². The van der Waals surface area contributed by atoms with E-state index in [0.29, 0.717) is 23.8 Å². The Morgan fingerprint density at radius 2 is 1.65 bits per heavy atom. The van der Waals surface area contributed by atoms with Gasteiger partial charge in [0.1, 0.15) is 0 Å². The first-order valence-electron chi connectivity index (χ1n) is 8.57. The van der Waals surface area contributed by atoms with Gasteiger partial charge in [-0.25, -0.2) is 0 Å². The van der Waals surface area contributed by atoms with Crippen molar-refractivity contribution in [1.82, 2.24) is 10.2 Å². The molecule has 2 unspecified atom stereocenters. The van der Waals surface area contributed by atoms with E-state index >= 15 is 0 Å². The van der Waals surface area contributed by atoms with Gasteiger partial charge in [0.05, 0.1) is 12.2 Å². The van der Waals surface area contributed by atoms with Crippen LogP contribution in [0.25, 0.3) is 0 Å². The summed E-state index contributed by atoms with van der Waals surface area (Å²) in [6, 6.07) is 0.599. The summed E-state index contributed by atoms with van der Waals surface area (Å²) >= 11 is 0. The monoisotopic (exact) mass is 278 g/mol. The molecule has 114 valence electrons. The van der Waals surface area contributed by atoms with Crippen molar-refractivity contribution >= 4 is 5.91 Å². The predicted octanol–water partition coefficient (Wildman–Crippen LogP) is 3.00. The van der Waals surface area contributed by atoms with E-state index in [0.717, 1.165) is 18.3 Å². The Morgan fingerprint density at radius 1 is 1.10 bits per heavy atom. The third-order valence-electron chi connectivity index (χ3n) is 5.09. The molecular weight excluding hydrogens is 248 g/mol. The molecule has 3 rings (SSSR count). The normalized spacial score (nSPS) is 31.1. The lowest BCUT2D eigenvalue weighted by Crippen LogP contribution is -2.49. The lowest BCUT2D eigenvalue weighted by molar-refractivity contribution is -0.134. The van der Waals surface area contributed by atoms with Crippen LogP contribution < -0.4 is 5.32 Å². The minimum absolute atomic E-state index is 0.0578. The zero-order valence-corrected chi connectivity index (χ0v) is 13.4. The number of carbonyl (C=O) groups is 1. The first kappa shape index (κ1) is 14.4. The predicted molar refractivity (Wildman–Crippen MR) is 81.1 cm³/mol. The molecule has 3 heteroatoms. The van der Waals surface area contributed by atoms with E-state index in [1.807, 2.05) is 0 Å². The number of hydrogen-bond donors (Lipinski definition) is 1. The molecule has 0 aromatic rings. The Kier molecular flexibility index (Phi) is 3.83. The van der Waals surface area contributed by atoms with Gasteiger partial charge in [0.15, 0.2) is 0 Å². The van der Waals surface area contributed by atoms with Crippen LogP contribution >= 0.6 is 0 Å². The molecule has 2 aliphatic carbocycles. The molecule has 1 aliphatic heterocycles. The third kappa shape index (κ3) is 2.74. The second-order valence-electron chi connectivity index (χ2n) is 7.95. The van der Waals surface area contributed by atoms with Gasteiger partial charge in [-0.1, -0.05) is 27.7 Å². The second-order valence-corrected chi connectivity index (χ2v) is 7.95. The zero-order valence-electron chi connectivity index (χ0n) is 13.4. The molecular formula is C17H30N2O. The number of nitrogens with zero attached hydrogens (tertiary/aromatic N) is 1. The molecule has 0 radical (unpaired) electrons. The molecule has 0 aromatic carbocycles. The standard InChI is InChI=1S/C17H30N2O/c1-10(2)9-14-17(20)19(16(18-14)11(3)4)15(12-5-6-12)13-7-8-13/h10-16,18H,5-9H2,1-4H3. The quantitative estimate of drug-likeness (QED) is 0.810. The van der Waals surface area contributed by atoms with Gasteiger partial charge in [0.25, 0.3) is 0 Å². The molecule has 1 amide bonds. The summed E-state index contributed by atoms with van der Waals surface area (Å²) in [4.78, 5) is 15.2. The summed E-state index contributed by atoms with van der Waals surface area (Å²) in [6.45, 7) is 8.90. The Bertz CT molecular complexity index is 359. The number of amides is 1. The zero-order chi connectivity index (χ0) is 14.4. The van der Waals surface area contributed by atoms with Gasteiger partial charge in [-0.2, -0.15) is 0 Å². The van der Waals surface area contributed by atoms with Crippen molar-refractivity contribution in [3.05, 3.63) is 0 Å². The summed E-state index contributed by atoms with van der Waals surface area (Å²) in [5.74, 6) is 3.06. The lowest BCUT2D eigenvalue weighted by atomic mass is 10.0. The van der Waals surface area contributed by atoms with Gasteiger partial charge in [-0.15, -0.1) is 0 Å². The molecule has 0 aromatic heterocycles. The van der Waals surface area contributed by atoms with E-state index in [1.165, 1.54) is 25.7 Å². The maximum atomic E-state index is 12.9. The van der Waals surface area contributed by atoms with Gasteiger partial charge in [-0.05, 0) is 55.8 Å². The molecule has 1 saturated heterocycles. The van der Waals surface area contributed by atoms with Crippen molar-refractivity contribution < 1.29 is 4.79 Å². The highest BCUT2D eigenvalue weighted by molar-refractivity contribution is 5.84. The van der Waals surface area contributed by atoms with Crippen LogP contribution in [0.4, 0.5) is 0 Å². The average Bonchev–Trinajstić information content (AvgIpc) is 3.23. The summed E-state index contributed by atoms with van der Waals surface area (Å²) in [6.07, 6.45) is 6.59. The van der Waals surface area contributed by atoms with E-state index in [4.69, 9.17) is 0 Å². The Balaban J connectivity index is 1.79. The van der Waals surface area contributed by atoms with Gasteiger partial charge < -0.3 is 4.90 Å². The van der Waals surface area contributed by atoms with Crippen molar-refractivity contribution in [3.63, 3.8) is 0 Å². The molecule has 2 atom stereocenters. The van der Waals surface area contributed by atoms with Crippen molar-refractivity contribution in [3.8, 4) is 0 Å². The number of hydrogen-bond acceptors (Lipinski definition) is 2. The SMILES string of the molecule is CC(C)CC1NC(C(C)C)N(C(C2CC2)C2CC2)C1=O. The molecule has 1 heterocycles. The van der Waals surface area contributed by atoms with Gasteiger partial charge in [-0.3, -0.25) is 10.1 Å². The fourth-order valence-electron chi connectivity index (χ4n) is 3.88. The van der Waals surface area contributed by atoms with Crippen LogP contribution in [-0.2, 0) is 4.79 Å². The fraction of sp³-hybridized carbons (Fsp3) is 0.941. The highest BCUT2D eigenvalue weighted by Gasteiger charge is 2.52. The summed E-state index contributed by atoms with van der Waals surface area (Å²) in [5.41, 5.74) is 0. The van der Waals surface area contributed by atoms with Crippen LogP contribution in [-0.4, -0.2) is 29.1 Å². The Morgan fingerprint density at radius 3 is 2.05 bits per heavy atom. The molecule has 20 heavy (non-hydrogen) atoms. The number of rotatable bonds is 6. The fourth-order valence-corrected chi connectivity index (χ4v) is 3.88. The largest absolute Gasteiger partial charge is 0.322 e. The topological polar surface area (TPSA) is 32.3 Å². The van der Waals surface area contributed by atoms with Crippen LogP contribution in [0, 0.1) is 23.7 Å². The van der Waals surface area contributed by atoms with Gasteiger partial charge >= 0.3 is 0 Å². The highest BCUT2D eigenvalue weighted by atomic mass is 16.2. The molecule has 3 fully saturated rings. The number of nitrogens with one attached hydrogen (secondary N) is 1. The third-order valence-corrected chi connectivity index (χ3v) is 5.09. The van der Waals surface area contributed by atoms with E-state index in [2.05, 4.69) is 37.9 Å². The maximum absolute atomic E-state index is 12.9. The first-order valence-corrected chi connectivity index (χ1v) is 8.57. The van der Waals surface area contributed by atoms with Crippen LogP contribution in [0.15, 0.2) is 0 Å². The summed E-state index contributed by atoms with van der Waals surface area (Å²) in [7, 11) is 0. The van der Waals surface area contributed by atoms with Crippen LogP contribution in [0.5, 0.6) is 0 Å². The maximum Gasteiger partial charge on any atom is 0.241 e. The highest BCUT2D eigenvalue weighted by Crippen LogP contribution is 2.49. The van der Waals surface area contributed by atoms with E-state index in [1.54, 1.807) is 0 Å². The Hall–Kier alpha value is -0.570. The Labute approximate surface area is 123 Å². The van der Waals surface area contributed by atoms with Crippen molar-refractivity contribution in [2.45, 2.75) is 78.0 Å². The van der Waals surface area contributed by atoms with E-state index < -0.39 is 0 Å². The molecule has 1 N–H and O–H groups in total. The van der Waals surface area contributed by atoms with Crippen LogP contribution in [0.2, 0.25) is 0 Å².